The monoisotopic (exact) mass is 634 g/mol. The van der Waals surface area contributed by atoms with Gasteiger partial charge in [-0.15, -0.1) is 0 Å². The first-order valence-corrected chi connectivity index (χ1v) is 17.1. The van der Waals surface area contributed by atoms with Crippen LogP contribution in [0.5, 0.6) is 5.75 Å². The SMILES string of the molecule is O=S(=O)(O)C(F)(F)C(F)(F)C(F)(F)S(=O)(=O)c1c(C2CCCCC2)cc(C2CCCCC2)c(O)c1C1CCCCC1. The van der Waals surface area contributed by atoms with Gasteiger partial charge in [0.1, 0.15) is 5.75 Å². The lowest BCUT2D eigenvalue weighted by Gasteiger charge is -2.36. The number of hydrogen-bond donors (Lipinski definition) is 2. The number of aromatic hydroxyl groups is 1. The van der Waals surface area contributed by atoms with E-state index in [2.05, 4.69) is 0 Å². The molecule has 3 fully saturated rings. The van der Waals surface area contributed by atoms with Crippen molar-refractivity contribution in [3.8, 4) is 5.75 Å². The van der Waals surface area contributed by atoms with Gasteiger partial charge in [0.2, 0.25) is 0 Å². The number of halogens is 6. The van der Waals surface area contributed by atoms with Gasteiger partial charge in [0.05, 0.1) is 4.90 Å². The average molecular weight is 635 g/mol. The molecule has 41 heavy (non-hydrogen) atoms. The molecule has 2 N–H and O–H groups in total. The van der Waals surface area contributed by atoms with Crippen molar-refractivity contribution >= 4 is 20.0 Å². The third-order valence-electron chi connectivity index (χ3n) is 9.11. The van der Waals surface area contributed by atoms with Gasteiger partial charge in [0, 0.05) is 5.56 Å². The number of phenols is 1. The summed E-state index contributed by atoms with van der Waals surface area (Å²) in [5, 5.41) is -1.95. The van der Waals surface area contributed by atoms with Crippen molar-refractivity contribution < 1.29 is 52.8 Å². The Morgan fingerprint density at radius 2 is 1.00 bits per heavy atom. The summed E-state index contributed by atoms with van der Waals surface area (Å²) >= 11 is 0. The molecule has 0 atom stereocenters. The molecule has 0 saturated heterocycles. The molecule has 0 radical (unpaired) electrons. The lowest BCUT2D eigenvalue weighted by atomic mass is 9.75. The summed E-state index contributed by atoms with van der Waals surface area (Å²) < 4.78 is 147. The van der Waals surface area contributed by atoms with Gasteiger partial charge in [0.25, 0.3) is 9.84 Å². The topological polar surface area (TPSA) is 109 Å². The van der Waals surface area contributed by atoms with E-state index in [0.717, 1.165) is 32.1 Å². The highest BCUT2D eigenvalue weighted by molar-refractivity contribution is 7.92. The first kappa shape index (κ1) is 32.4. The molecule has 3 aliphatic rings. The highest BCUT2D eigenvalue weighted by Crippen LogP contribution is 2.57. The summed E-state index contributed by atoms with van der Waals surface area (Å²) in [7, 11) is -13.9. The second kappa shape index (κ2) is 11.5. The minimum absolute atomic E-state index is 0.214. The molecular weight excluding hydrogens is 598 g/mol. The van der Waals surface area contributed by atoms with Crippen molar-refractivity contribution in [1.82, 2.24) is 0 Å². The van der Waals surface area contributed by atoms with Crippen LogP contribution < -0.4 is 0 Å². The molecule has 1 aromatic rings. The van der Waals surface area contributed by atoms with Crippen molar-refractivity contribution in [3.63, 3.8) is 0 Å². The molecule has 0 unspecified atom stereocenters. The molecule has 0 heterocycles. The molecule has 6 nitrogen and oxygen atoms in total. The molecule has 0 aliphatic heterocycles. The zero-order valence-electron chi connectivity index (χ0n) is 22.5. The Labute approximate surface area is 236 Å². The van der Waals surface area contributed by atoms with Crippen LogP contribution in [0.1, 0.15) is 131 Å². The van der Waals surface area contributed by atoms with Gasteiger partial charge in [-0.1, -0.05) is 63.9 Å². The molecule has 0 amide bonds. The van der Waals surface area contributed by atoms with Crippen LogP contribution in [0, 0.1) is 0 Å². The first-order chi connectivity index (χ1) is 19.0. The third kappa shape index (κ3) is 5.49. The van der Waals surface area contributed by atoms with Crippen LogP contribution in [0.25, 0.3) is 0 Å². The van der Waals surface area contributed by atoms with Crippen LogP contribution in [0.3, 0.4) is 0 Å². The maximum atomic E-state index is 15.5. The Morgan fingerprint density at radius 1 is 0.610 bits per heavy atom. The zero-order chi connectivity index (χ0) is 30.4. The van der Waals surface area contributed by atoms with Gasteiger partial charge >= 0.3 is 26.5 Å². The van der Waals surface area contributed by atoms with Crippen LogP contribution in [0.4, 0.5) is 26.3 Å². The third-order valence-corrected chi connectivity index (χ3v) is 11.9. The smallest absolute Gasteiger partial charge is 0.439 e. The van der Waals surface area contributed by atoms with Gasteiger partial charge in [-0.2, -0.15) is 34.8 Å². The fraction of sp³-hybridized carbons (Fsp3) is 0.778. The zero-order valence-corrected chi connectivity index (χ0v) is 24.2. The summed E-state index contributed by atoms with van der Waals surface area (Å²) in [6.45, 7) is 0. The molecule has 14 heteroatoms. The van der Waals surface area contributed by atoms with E-state index >= 15 is 8.78 Å². The van der Waals surface area contributed by atoms with Crippen molar-refractivity contribution in [1.29, 1.82) is 0 Å². The molecule has 3 saturated carbocycles. The summed E-state index contributed by atoms with van der Waals surface area (Å²) in [6, 6.07) is 1.29. The van der Waals surface area contributed by atoms with Crippen LogP contribution in [0.2, 0.25) is 0 Å². The van der Waals surface area contributed by atoms with Crippen LogP contribution in [-0.4, -0.2) is 42.9 Å². The second-order valence-corrected chi connectivity index (χ2v) is 15.1. The quantitative estimate of drug-likeness (QED) is 0.222. The van der Waals surface area contributed by atoms with Crippen LogP contribution in [0.15, 0.2) is 11.0 Å². The highest BCUT2D eigenvalue weighted by atomic mass is 32.2. The van der Waals surface area contributed by atoms with Crippen LogP contribution >= 0.6 is 0 Å². The van der Waals surface area contributed by atoms with E-state index < -0.39 is 64.4 Å². The van der Waals surface area contributed by atoms with Gasteiger partial charge in [-0.25, -0.2) is 8.42 Å². The molecule has 3 aliphatic carbocycles. The molecule has 4 rings (SSSR count). The summed E-state index contributed by atoms with van der Waals surface area (Å²) in [5.74, 6) is -9.35. The fourth-order valence-electron chi connectivity index (χ4n) is 6.86. The molecule has 0 spiro atoms. The Kier molecular flexibility index (Phi) is 9.09. The van der Waals surface area contributed by atoms with Crippen molar-refractivity contribution in [2.45, 2.75) is 135 Å². The van der Waals surface area contributed by atoms with Gasteiger partial charge in [-0.05, 0) is 67.4 Å². The second-order valence-electron chi connectivity index (χ2n) is 11.7. The number of hydrogen-bond acceptors (Lipinski definition) is 5. The summed E-state index contributed by atoms with van der Waals surface area (Å²) in [6.07, 6.45) is 8.85. The van der Waals surface area contributed by atoms with Crippen LogP contribution in [-0.2, 0) is 20.0 Å². The minimum atomic E-state index is -7.15. The lowest BCUT2D eigenvalue weighted by molar-refractivity contribution is -0.245. The number of benzene rings is 1. The minimum Gasteiger partial charge on any atom is -0.507 e. The van der Waals surface area contributed by atoms with Gasteiger partial charge < -0.3 is 5.11 Å². The summed E-state index contributed by atoms with van der Waals surface area (Å²) in [5.41, 5.74) is -0.323. The Balaban J connectivity index is 2.05. The number of phenolic OH excluding ortho intramolecular Hbond substituents is 1. The number of rotatable bonds is 8. The molecule has 0 aromatic heterocycles. The Hall–Kier alpha value is -1.54. The van der Waals surface area contributed by atoms with Crippen molar-refractivity contribution in [2.24, 2.45) is 0 Å². The Morgan fingerprint density at radius 3 is 1.41 bits per heavy atom. The lowest BCUT2D eigenvalue weighted by Crippen LogP contribution is -2.60. The van der Waals surface area contributed by atoms with E-state index in [4.69, 9.17) is 4.55 Å². The molecule has 1 aromatic carbocycles. The average Bonchev–Trinajstić information content (AvgIpc) is 2.93. The highest BCUT2D eigenvalue weighted by Gasteiger charge is 2.82. The maximum Gasteiger partial charge on any atom is 0.439 e. The van der Waals surface area contributed by atoms with Crippen molar-refractivity contribution in [3.05, 3.63) is 22.8 Å². The predicted molar refractivity (Wildman–Crippen MR) is 139 cm³/mol. The van der Waals surface area contributed by atoms with E-state index in [0.29, 0.717) is 56.9 Å². The largest absolute Gasteiger partial charge is 0.507 e. The first-order valence-electron chi connectivity index (χ1n) is 14.2. The van der Waals surface area contributed by atoms with E-state index in [1.807, 2.05) is 0 Å². The van der Waals surface area contributed by atoms with Gasteiger partial charge in [-0.3, -0.25) is 4.55 Å². The number of sulfone groups is 1. The fourth-order valence-corrected chi connectivity index (χ4v) is 9.19. The van der Waals surface area contributed by atoms with E-state index in [9.17, 15) is 39.5 Å². The van der Waals surface area contributed by atoms with E-state index in [1.165, 1.54) is 6.07 Å². The number of alkyl halides is 6. The predicted octanol–water partition coefficient (Wildman–Crippen LogP) is 8.02. The standard InChI is InChI=1S/C27H36F6O6S2/c28-25(29,27(32,33)41(37,38)39)26(30,31)40(35,36)24-21(18-12-6-2-7-13-18)16-20(17-10-4-1-5-11-17)23(34)22(24)19-14-8-3-9-15-19/h16-19,34H,1-15H2,(H,37,38,39). The maximum absolute atomic E-state index is 15.5. The molecular formula is C27H36F6O6S2. The van der Waals surface area contributed by atoms with E-state index in [1.54, 1.807) is 0 Å². The normalized spacial score (nSPS) is 21.7. The van der Waals surface area contributed by atoms with Crippen molar-refractivity contribution in [2.75, 3.05) is 0 Å². The summed E-state index contributed by atoms with van der Waals surface area (Å²) in [4.78, 5) is -1.30. The Bertz CT molecular complexity index is 1330. The van der Waals surface area contributed by atoms with E-state index in [-0.39, 0.29) is 24.3 Å². The van der Waals surface area contributed by atoms with Gasteiger partial charge in [0.15, 0.2) is 0 Å². The molecule has 0 bridgehead atoms. The molecule has 234 valence electrons.